The van der Waals surface area contributed by atoms with Gasteiger partial charge in [0.1, 0.15) is 5.82 Å². The molecule has 0 unspecified atom stereocenters. The number of aromatic nitrogens is 1. The summed E-state index contributed by atoms with van der Waals surface area (Å²) in [4.78, 5) is 47.6. The summed E-state index contributed by atoms with van der Waals surface area (Å²) in [5.74, 6) is 0.0674. The minimum Gasteiger partial charge on any atom is -0.428 e. The molecule has 0 saturated heterocycles. The number of esters is 1. The first-order chi connectivity index (χ1) is 31.2. The van der Waals surface area contributed by atoms with Crippen molar-refractivity contribution in [2.45, 2.75) is 80.1 Å². The van der Waals surface area contributed by atoms with E-state index < -0.39 is 26.7 Å². The van der Waals surface area contributed by atoms with Gasteiger partial charge in [0.25, 0.3) is 0 Å². The number of hydrogen-bond acceptors (Lipinski definition) is 11. The van der Waals surface area contributed by atoms with Gasteiger partial charge < -0.3 is 25.0 Å². The number of carbonyl (C=O) groups is 3. The molecule has 14 nitrogen and oxygen atoms in total. The summed E-state index contributed by atoms with van der Waals surface area (Å²) in [5, 5.41) is 6.00. The Bertz CT molecular complexity index is 2270. The quantitative estimate of drug-likeness (QED) is 0.0365. The summed E-state index contributed by atoms with van der Waals surface area (Å²) in [6.07, 6.45) is 1.23. The van der Waals surface area contributed by atoms with Crippen molar-refractivity contribution in [2.75, 3.05) is 47.4 Å². The van der Waals surface area contributed by atoms with E-state index in [0.29, 0.717) is 35.2 Å². The summed E-state index contributed by atoms with van der Waals surface area (Å²) in [6, 6.07) is 34.8. The van der Waals surface area contributed by atoms with Crippen molar-refractivity contribution < 1.29 is 42.0 Å². The van der Waals surface area contributed by atoms with Crippen LogP contribution in [0.4, 0.5) is 32.5 Å². The van der Waals surface area contributed by atoms with E-state index in [1.54, 1.807) is 12.1 Å². The Hall–Kier alpha value is -6.05. The molecule has 1 atom stereocenters. The number of rotatable bonds is 23. The van der Waals surface area contributed by atoms with Gasteiger partial charge >= 0.3 is 25.9 Å². The van der Waals surface area contributed by atoms with Crippen LogP contribution in [-0.4, -0.2) is 50.0 Å². The van der Waals surface area contributed by atoms with Crippen molar-refractivity contribution in [3.63, 3.8) is 0 Å². The first-order valence-corrected chi connectivity index (χ1v) is 23.3. The molecule has 5 rings (SSSR count). The number of anilines is 4. The number of pyridine rings is 1. The Morgan fingerprint density at radius 1 is 0.723 bits per heavy atom. The van der Waals surface area contributed by atoms with Crippen LogP contribution in [0.25, 0.3) is 0 Å². The van der Waals surface area contributed by atoms with Gasteiger partial charge in [0.2, 0.25) is 6.79 Å². The maximum atomic E-state index is 13.9. The fourth-order valence-electron chi connectivity index (χ4n) is 6.91. The average molecular weight is 908 g/mol. The van der Waals surface area contributed by atoms with Crippen molar-refractivity contribution >= 4 is 48.8 Å². The first-order valence-electron chi connectivity index (χ1n) is 21.9. The van der Waals surface area contributed by atoms with Crippen molar-refractivity contribution in [1.29, 1.82) is 0 Å². The van der Waals surface area contributed by atoms with E-state index in [-0.39, 0.29) is 44.0 Å². The molecule has 1 heterocycles. The standard InChI is InChI=1S/C50H62N5O9P/c1-8-41(42-23-26-46(55(30-36(2)3)31-37(4)5)45(28-42)53-49(57)52-44-24-21-38(6)22-25-44)29-47(56)60-35-61-50(58)54(7)48-43(20-15-27-51-48)34-64-65(59,62-32-39-16-11-9-12-17-39)63-33-40-18-13-10-14-19-40/h9-28,36-37,41H,8,29-35H2,1-7H3,(H2,52,53,57)/t41-/m0/s1. The van der Waals surface area contributed by atoms with Gasteiger partial charge in [0.15, 0.2) is 0 Å². The molecule has 2 N–H and O–H groups in total. The normalized spacial score (nSPS) is 11.8. The van der Waals surface area contributed by atoms with E-state index in [0.717, 1.165) is 45.9 Å². The number of nitrogens with one attached hydrogen (secondary N) is 2. The topological polar surface area (TPSA) is 158 Å². The van der Waals surface area contributed by atoms with E-state index in [1.165, 1.54) is 13.2 Å². The minimum atomic E-state index is -4.14. The van der Waals surface area contributed by atoms with Crippen molar-refractivity contribution in [3.05, 3.63) is 149 Å². The largest absolute Gasteiger partial charge is 0.475 e. The minimum absolute atomic E-state index is 0.000409. The summed E-state index contributed by atoms with van der Waals surface area (Å²) in [5.41, 5.74) is 6.04. The fraction of sp³-hybridized carbons (Fsp3) is 0.360. The van der Waals surface area contributed by atoms with Gasteiger partial charge in [-0.15, -0.1) is 0 Å². The third-order valence-corrected chi connectivity index (χ3v) is 11.5. The monoisotopic (exact) mass is 907 g/mol. The van der Waals surface area contributed by atoms with E-state index >= 15 is 0 Å². The molecule has 5 aromatic rings. The number of ether oxygens (including phenoxy) is 2. The molecule has 0 aliphatic carbocycles. The van der Waals surface area contributed by atoms with Crippen LogP contribution in [0.15, 0.2) is 121 Å². The van der Waals surface area contributed by atoms with E-state index in [2.05, 4.69) is 48.2 Å². The number of aryl methyl sites for hydroxylation is 1. The predicted molar refractivity (Wildman–Crippen MR) is 255 cm³/mol. The van der Waals surface area contributed by atoms with Crippen LogP contribution < -0.4 is 20.4 Å². The average Bonchev–Trinajstić information content (AvgIpc) is 3.29. The molecule has 0 saturated carbocycles. The Morgan fingerprint density at radius 3 is 1.91 bits per heavy atom. The second-order valence-electron chi connectivity index (χ2n) is 16.6. The molecule has 1 aromatic heterocycles. The zero-order valence-electron chi connectivity index (χ0n) is 38.4. The van der Waals surface area contributed by atoms with E-state index in [1.807, 2.05) is 117 Å². The summed E-state index contributed by atoms with van der Waals surface area (Å²) < 4.78 is 42.0. The van der Waals surface area contributed by atoms with Crippen LogP contribution in [-0.2, 0) is 52.2 Å². The number of nitrogens with zero attached hydrogens (tertiary/aromatic N) is 3. The Balaban J connectivity index is 1.21. The Kier molecular flexibility index (Phi) is 19.1. The van der Waals surface area contributed by atoms with Gasteiger partial charge in [-0.1, -0.05) is 125 Å². The number of amides is 3. The highest BCUT2D eigenvalue weighted by molar-refractivity contribution is 7.48. The molecule has 3 amide bonds. The third kappa shape index (κ3) is 16.2. The number of phosphoric ester groups is 1. The van der Waals surface area contributed by atoms with Crippen LogP contribution in [0, 0.1) is 18.8 Å². The van der Waals surface area contributed by atoms with Crippen LogP contribution in [0.5, 0.6) is 0 Å². The predicted octanol–water partition coefficient (Wildman–Crippen LogP) is 11.9. The van der Waals surface area contributed by atoms with Crippen molar-refractivity contribution in [2.24, 2.45) is 11.8 Å². The van der Waals surface area contributed by atoms with Gasteiger partial charge in [-0.25, -0.2) is 19.1 Å². The highest BCUT2D eigenvalue weighted by Gasteiger charge is 2.29. The van der Waals surface area contributed by atoms with Crippen LogP contribution in [0.1, 0.15) is 81.2 Å². The first kappa shape index (κ1) is 50.0. The number of carbonyl (C=O) groups excluding carboxylic acids is 3. The number of hydrogen-bond donors (Lipinski definition) is 2. The highest BCUT2D eigenvalue weighted by Crippen LogP contribution is 2.52. The van der Waals surface area contributed by atoms with Gasteiger partial charge in [-0.2, -0.15) is 0 Å². The summed E-state index contributed by atoms with van der Waals surface area (Å²) >= 11 is 0. The molecule has 65 heavy (non-hydrogen) atoms. The maximum absolute atomic E-state index is 13.9. The molecule has 0 aliphatic heterocycles. The number of urea groups is 1. The van der Waals surface area contributed by atoms with Crippen LogP contribution in [0.2, 0.25) is 0 Å². The van der Waals surface area contributed by atoms with Crippen LogP contribution in [0.3, 0.4) is 0 Å². The van der Waals surface area contributed by atoms with Crippen molar-refractivity contribution in [1.82, 2.24) is 4.98 Å². The Morgan fingerprint density at radius 2 is 1.32 bits per heavy atom. The molecule has 15 heteroatoms. The zero-order chi connectivity index (χ0) is 46.8. The second-order valence-corrected chi connectivity index (χ2v) is 18.2. The molecule has 0 aliphatic rings. The molecular formula is C50H62N5O9P. The number of benzene rings is 4. The Labute approximate surface area is 383 Å². The highest BCUT2D eigenvalue weighted by atomic mass is 31.2. The van der Waals surface area contributed by atoms with Gasteiger partial charge in [0.05, 0.1) is 37.6 Å². The smallest absolute Gasteiger partial charge is 0.428 e. The van der Waals surface area contributed by atoms with Gasteiger partial charge in [0, 0.05) is 37.6 Å². The second kappa shape index (κ2) is 24.9. The summed E-state index contributed by atoms with van der Waals surface area (Å²) in [6.45, 7) is 13.2. The number of phosphoric acid groups is 1. The molecule has 0 bridgehead atoms. The van der Waals surface area contributed by atoms with Crippen LogP contribution >= 0.6 is 7.82 Å². The molecule has 346 valence electrons. The molecule has 0 radical (unpaired) electrons. The molecule has 0 spiro atoms. The summed E-state index contributed by atoms with van der Waals surface area (Å²) in [7, 11) is -2.70. The lowest BCUT2D eigenvalue weighted by Gasteiger charge is -2.31. The molecule has 0 fully saturated rings. The molecular weight excluding hydrogens is 846 g/mol. The SMILES string of the molecule is CC[C@@H](CC(=O)OCOC(=O)N(C)c1ncccc1COP(=O)(OCc1ccccc1)OCc1ccccc1)c1ccc(N(CC(C)C)CC(C)C)c(NC(=O)Nc2ccc(C)cc2)c1. The third-order valence-electron chi connectivity index (χ3n) is 10.2. The fourth-order valence-corrected chi connectivity index (χ4v) is 8.04. The van der Waals surface area contributed by atoms with E-state index in [4.69, 9.17) is 23.0 Å². The lowest BCUT2D eigenvalue weighted by Crippen LogP contribution is -2.32. The van der Waals surface area contributed by atoms with E-state index in [9.17, 15) is 18.9 Å². The zero-order valence-corrected chi connectivity index (χ0v) is 39.3. The maximum Gasteiger partial charge on any atom is 0.475 e. The lowest BCUT2D eigenvalue weighted by atomic mass is 9.92. The van der Waals surface area contributed by atoms with Gasteiger partial charge in [-0.3, -0.25) is 23.3 Å². The molecule has 4 aromatic carbocycles. The lowest BCUT2D eigenvalue weighted by molar-refractivity contribution is -0.152. The van der Waals surface area contributed by atoms with Crippen molar-refractivity contribution in [3.8, 4) is 0 Å². The van der Waals surface area contributed by atoms with Gasteiger partial charge in [-0.05, 0) is 78.1 Å².